The van der Waals surface area contributed by atoms with E-state index in [0.29, 0.717) is 10.8 Å². The minimum Gasteiger partial charge on any atom is -0.360 e. The molecule has 0 aliphatic heterocycles. The summed E-state index contributed by atoms with van der Waals surface area (Å²) < 4.78 is 30.9. The second kappa shape index (κ2) is 4.36. The lowest BCUT2D eigenvalue weighted by Gasteiger charge is -2.15. The molecule has 0 unspecified atom stereocenters. The summed E-state index contributed by atoms with van der Waals surface area (Å²) in [6.45, 7) is 4.99. The Morgan fingerprint density at radius 3 is 2.44 bits per heavy atom. The molecule has 98 valence electrons. The molecule has 0 aromatic carbocycles. The largest absolute Gasteiger partial charge is 0.360 e. The highest BCUT2D eigenvalue weighted by Gasteiger charge is 2.30. The van der Waals surface area contributed by atoms with Crippen LogP contribution in [0.3, 0.4) is 0 Å². The van der Waals surface area contributed by atoms with Crippen molar-refractivity contribution in [2.45, 2.75) is 25.7 Å². The number of nitrogens with zero attached hydrogens (tertiary/aromatic N) is 3. The second-order valence-corrected chi connectivity index (χ2v) is 6.64. The van der Waals surface area contributed by atoms with Gasteiger partial charge in [0, 0.05) is 12.4 Å². The normalized spacial score (nSPS) is 11.8. The lowest BCUT2D eigenvalue weighted by atomic mass is 10.4. The van der Waals surface area contributed by atoms with E-state index in [2.05, 4.69) is 10.1 Å². The molecule has 0 aliphatic rings. The van der Waals surface area contributed by atoms with Crippen LogP contribution in [-0.2, 0) is 10.0 Å². The summed E-state index contributed by atoms with van der Waals surface area (Å²) in [6.07, 6.45) is 0. The minimum atomic E-state index is -3.67. The van der Waals surface area contributed by atoms with Crippen LogP contribution >= 0.6 is 11.3 Å². The van der Waals surface area contributed by atoms with Gasteiger partial charge in [-0.15, -0.1) is 11.3 Å². The summed E-state index contributed by atoms with van der Waals surface area (Å²) in [5, 5.41) is 5.89. The van der Waals surface area contributed by atoms with Gasteiger partial charge in [-0.05, 0) is 20.8 Å². The average Bonchev–Trinajstić information content (AvgIpc) is 2.84. The van der Waals surface area contributed by atoms with Gasteiger partial charge in [-0.25, -0.2) is 17.7 Å². The Hall–Kier alpha value is -1.41. The van der Waals surface area contributed by atoms with E-state index in [1.165, 1.54) is 18.4 Å². The number of hydrogen-bond donors (Lipinski definition) is 0. The van der Waals surface area contributed by atoms with Crippen LogP contribution in [0.25, 0.3) is 0 Å². The van der Waals surface area contributed by atoms with Crippen LogP contribution in [0.5, 0.6) is 0 Å². The van der Waals surface area contributed by atoms with Gasteiger partial charge >= 0.3 is 0 Å². The molecule has 0 atom stereocenters. The Bertz CT molecular complexity index is 653. The fraction of sp³-hybridized carbons (Fsp3) is 0.400. The van der Waals surface area contributed by atoms with Gasteiger partial charge in [-0.1, -0.05) is 5.16 Å². The molecule has 0 radical (unpaired) electrons. The number of anilines is 1. The SMILES string of the molecule is Cc1csc(N(C)S(=O)(=O)c2c(C)noc2C)n1. The molecule has 2 heterocycles. The highest BCUT2D eigenvalue weighted by atomic mass is 32.2. The van der Waals surface area contributed by atoms with Crippen molar-refractivity contribution in [3.05, 3.63) is 22.5 Å². The number of sulfonamides is 1. The molecule has 0 fully saturated rings. The topological polar surface area (TPSA) is 76.3 Å². The van der Waals surface area contributed by atoms with Crippen molar-refractivity contribution in [3.8, 4) is 0 Å². The molecule has 0 saturated carbocycles. The number of aromatic nitrogens is 2. The van der Waals surface area contributed by atoms with Gasteiger partial charge in [0.15, 0.2) is 15.8 Å². The second-order valence-electron chi connectivity index (χ2n) is 3.90. The van der Waals surface area contributed by atoms with E-state index in [9.17, 15) is 8.42 Å². The summed E-state index contributed by atoms with van der Waals surface area (Å²) in [7, 11) is -2.20. The number of aryl methyl sites for hydroxylation is 3. The van der Waals surface area contributed by atoms with Gasteiger partial charge in [0.25, 0.3) is 10.0 Å². The third-order valence-electron chi connectivity index (χ3n) is 2.46. The molecule has 2 aromatic rings. The molecular weight excluding hydrogens is 274 g/mol. The van der Waals surface area contributed by atoms with Crippen molar-refractivity contribution in [2.24, 2.45) is 0 Å². The van der Waals surface area contributed by atoms with Crippen molar-refractivity contribution in [1.82, 2.24) is 10.1 Å². The van der Waals surface area contributed by atoms with Crippen molar-refractivity contribution < 1.29 is 12.9 Å². The zero-order valence-corrected chi connectivity index (χ0v) is 12.1. The van der Waals surface area contributed by atoms with Crippen LogP contribution in [0.4, 0.5) is 5.13 Å². The van der Waals surface area contributed by atoms with Crippen LogP contribution in [0.15, 0.2) is 14.8 Å². The maximum Gasteiger partial charge on any atom is 0.271 e. The predicted octanol–water partition coefficient (Wildman–Crippen LogP) is 1.88. The molecule has 0 amide bonds. The zero-order chi connectivity index (χ0) is 13.5. The fourth-order valence-electron chi connectivity index (χ4n) is 1.57. The first-order chi connectivity index (χ1) is 8.34. The van der Waals surface area contributed by atoms with Crippen molar-refractivity contribution in [1.29, 1.82) is 0 Å². The molecule has 2 aromatic heterocycles. The van der Waals surface area contributed by atoms with E-state index in [0.717, 1.165) is 10.00 Å². The average molecular weight is 287 g/mol. The van der Waals surface area contributed by atoms with E-state index in [4.69, 9.17) is 4.52 Å². The van der Waals surface area contributed by atoms with Gasteiger partial charge in [-0.3, -0.25) is 0 Å². The highest BCUT2D eigenvalue weighted by molar-refractivity contribution is 7.93. The fourth-order valence-corrected chi connectivity index (χ4v) is 4.00. The molecule has 0 aliphatic carbocycles. The molecular formula is C10H13N3O3S2. The van der Waals surface area contributed by atoms with Gasteiger partial charge in [-0.2, -0.15) is 0 Å². The molecule has 2 rings (SSSR count). The Morgan fingerprint density at radius 2 is 2.00 bits per heavy atom. The highest BCUT2D eigenvalue weighted by Crippen LogP contribution is 2.28. The number of rotatable bonds is 3. The van der Waals surface area contributed by atoms with Crippen LogP contribution in [0, 0.1) is 20.8 Å². The standard InChI is InChI=1S/C10H13N3O3S2/c1-6-5-17-10(11-6)13(4)18(14,15)9-7(2)12-16-8(9)3/h5H,1-4H3. The summed E-state index contributed by atoms with van der Waals surface area (Å²) in [4.78, 5) is 4.27. The summed E-state index contributed by atoms with van der Waals surface area (Å²) in [5.41, 5.74) is 1.14. The zero-order valence-electron chi connectivity index (χ0n) is 10.5. The predicted molar refractivity (Wildman–Crippen MR) is 68.4 cm³/mol. The van der Waals surface area contributed by atoms with Crippen LogP contribution in [-0.4, -0.2) is 25.6 Å². The van der Waals surface area contributed by atoms with Crippen molar-refractivity contribution in [3.63, 3.8) is 0 Å². The molecule has 0 saturated heterocycles. The van der Waals surface area contributed by atoms with E-state index in [1.807, 2.05) is 6.92 Å². The van der Waals surface area contributed by atoms with E-state index < -0.39 is 10.0 Å². The molecule has 8 heteroatoms. The molecule has 0 bridgehead atoms. The Kier molecular flexibility index (Phi) is 3.16. The molecule has 6 nitrogen and oxygen atoms in total. The minimum absolute atomic E-state index is 0.109. The van der Waals surface area contributed by atoms with Gasteiger partial charge in [0.2, 0.25) is 0 Å². The monoisotopic (exact) mass is 287 g/mol. The third-order valence-corrected chi connectivity index (χ3v) is 5.61. The third kappa shape index (κ3) is 2.01. The smallest absolute Gasteiger partial charge is 0.271 e. The number of hydrogen-bond acceptors (Lipinski definition) is 6. The van der Waals surface area contributed by atoms with E-state index in [-0.39, 0.29) is 10.7 Å². The lowest BCUT2D eigenvalue weighted by molar-refractivity contribution is 0.390. The maximum atomic E-state index is 12.4. The van der Waals surface area contributed by atoms with E-state index in [1.54, 1.807) is 19.2 Å². The summed E-state index contributed by atoms with van der Waals surface area (Å²) in [6, 6.07) is 0. The molecule has 0 spiro atoms. The number of thiazole rings is 1. The summed E-state index contributed by atoms with van der Waals surface area (Å²) >= 11 is 1.28. The van der Waals surface area contributed by atoms with Crippen LogP contribution in [0.2, 0.25) is 0 Å². The van der Waals surface area contributed by atoms with Gasteiger partial charge in [0.1, 0.15) is 5.69 Å². The lowest BCUT2D eigenvalue weighted by Crippen LogP contribution is -2.27. The Balaban J connectivity index is 2.50. The first-order valence-electron chi connectivity index (χ1n) is 5.18. The Labute approximate surface area is 109 Å². The van der Waals surface area contributed by atoms with Crippen molar-refractivity contribution in [2.75, 3.05) is 11.4 Å². The Morgan fingerprint density at radius 1 is 1.33 bits per heavy atom. The molecule has 0 N–H and O–H groups in total. The van der Waals surface area contributed by atoms with Crippen LogP contribution in [0.1, 0.15) is 17.1 Å². The summed E-state index contributed by atoms with van der Waals surface area (Å²) in [5.74, 6) is 0.285. The van der Waals surface area contributed by atoms with Crippen molar-refractivity contribution >= 4 is 26.5 Å². The maximum absolute atomic E-state index is 12.4. The van der Waals surface area contributed by atoms with E-state index >= 15 is 0 Å². The first kappa shape index (κ1) is 13.0. The first-order valence-corrected chi connectivity index (χ1v) is 7.50. The van der Waals surface area contributed by atoms with Gasteiger partial charge in [0.05, 0.1) is 5.69 Å². The van der Waals surface area contributed by atoms with Gasteiger partial charge < -0.3 is 4.52 Å². The quantitative estimate of drug-likeness (QED) is 0.861. The molecule has 18 heavy (non-hydrogen) atoms. The van der Waals surface area contributed by atoms with Crippen LogP contribution < -0.4 is 4.31 Å².